The Labute approximate surface area is 133 Å². The van der Waals surface area contributed by atoms with Crippen molar-refractivity contribution in [1.29, 1.82) is 0 Å². The lowest BCUT2D eigenvalue weighted by Crippen LogP contribution is -2.52. The molecular formula is C16H25ClN2O2. The maximum absolute atomic E-state index is 12.3. The van der Waals surface area contributed by atoms with E-state index in [1.807, 2.05) is 12.1 Å². The third-order valence-electron chi connectivity index (χ3n) is 4.15. The van der Waals surface area contributed by atoms with Gasteiger partial charge in [0, 0.05) is 12.6 Å². The van der Waals surface area contributed by atoms with Crippen molar-refractivity contribution < 1.29 is 9.53 Å². The molecule has 1 aromatic rings. The van der Waals surface area contributed by atoms with Gasteiger partial charge < -0.3 is 15.4 Å². The number of benzene rings is 1. The first-order chi connectivity index (χ1) is 9.54. The minimum Gasteiger partial charge on any atom is -0.496 e. The van der Waals surface area contributed by atoms with Crippen LogP contribution in [0, 0.1) is 5.41 Å². The van der Waals surface area contributed by atoms with E-state index in [2.05, 4.69) is 24.5 Å². The number of halogens is 1. The predicted octanol–water partition coefficient (Wildman–Crippen LogP) is 2.63. The van der Waals surface area contributed by atoms with Crippen LogP contribution in [-0.2, 0) is 0 Å². The fourth-order valence-corrected chi connectivity index (χ4v) is 2.74. The zero-order valence-corrected chi connectivity index (χ0v) is 13.8. The highest BCUT2D eigenvalue weighted by Gasteiger charge is 2.32. The van der Waals surface area contributed by atoms with Gasteiger partial charge in [-0.2, -0.15) is 0 Å². The fourth-order valence-electron chi connectivity index (χ4n) is 2.74. The number of hydrogen-bond acceptors (Lipinski definition) is 3. The van der Waals surface area contributed by atoms with Gasteiger partial charge in [-0.15, -0.1) is 12.4 Å². The zero-order chi connectivity index (χ0) is 14.6. The van der Waals surface area contributed by atoms with Gasteiger partial charge in [-0.3, -0.25) is 4.79 Å². The first-order valence-corrected chi connectivity index (χ1v) is 7.19. The van der Waals surface area contributed by atoms with Crippen LogP contribution < -0.4 is 15.4 Å². The predicted molar refractivity (Wildman–Crippen MR) is 87.4 cm³/mol. The van der Waals surface area contributed by atoms with Gasteiger partial charge in [0.15, 0.2) is 0 Å². The Morgan fingerprint density at radius 2 is 2.14 bits per heavy atom. The number of methoxy groups -OCH3 is 1. The average Bonchev–Trinajstić information content (AvgIpc) is 2.45. The number of rotatable bonds is 4. The van der Waals surface area contributed by atoms with Crippen molar-refractivity contribution in [3.8, 4) is 5.75 Å². The van der Waals surface area contributed by atoms with Gasteiger partial charge in [-0.05, 0) is 36.9 Å². The molecule has 1 aromatic carbocycles. The summed E-state index contributed by atoms with van der Waals surface area (Å²) in [5.74, 6) is 0.534. The molecule has 1 aliphatic rings. The number of carbonyl (C=O) groups is 1. The highest BCUT2D eigenvalue weighted by Crippen LogP contribution is 2.29. The van der Waals surface area contributed by atoms with E-state index in [-0.39, 0.29) is 23.7 Å². The van der Waals surface area contributed by atoms with Gasteiger partial charge >= 0.3 is 0 Å². The van der Waals surface area contributed by atoms with E-state index in [0.717, 1.165) is 6.54 Å². The molecule has 4 nitrogen and oxygen atoms in total. The van der Waals surface area contributed by atoms with Crippen LogP contribution in [0.1, 0.15) is 37.0 Å². The van der Waals surface area contributed by atoms with Crippen molar-refractivity contribution in [2.24, 2.45) is 5.41 Å². The molecule has 118 valence electrons. The Kier molecular flexibility index (Phi) is 6.49. The number of hydrogen-bond donors (Lipinski definition) is 2. The van der Waals surface area contributed by atoms with E-state index in [9.17, 15) is 4.79 Å². The highest BCUT2D eigenvalue weighted by molar-refractivity contribution is 5.96. The largest absolute Gasteiger partial charge is 0.496 e. The minimum atomic E-state index is -0.0781. The topological polar surface area (TPSA) is 50.4 Å². The standard InChI is InChI=1S/C16H24N2O2.ClH/c1-16(2)9-6-10-17-14(16)11-18-15(19)12-7-4-5-8-13(12)20-3;/h4-5,7-8,14,17H,6,9-11H2,1-3H3,(H,18,19);1H. The van der Waals surface area contributed by atoms with Gasteiger partial charge in [0.05, 0.1) is 12.7 Å². The molecule has 1 unspecified atom stereocenters. The Morgan fingerprint density at radius 1 is 1.43 bits per heavy atom. The molecular weight excluding hydrogens is 288 g/mol. The minimum absolute atomic E-state index is 0. The molecule has 1 amide bonds. The van der Waals surface area contributed by atoms with Gasteiger partial charge in [0.1, 0.15) is 5.75 Å². The second-order valence-corrected chi connectivity index (χ2v) is 6.01. The van der Waals surface area contributed by atoms with E-state index in [1.165, 1.54) is 12.8 Å². The summed E-state index contributed by atoms with van der Waals surface area (Å²) in [4.78, 5) is 12.3. The van der Waals surface area contributed by atoms with Crippen molar-refractivity contribution >= 4 is 18.3 Å². The van der Waals surface area contributed by atoms with Crippen LogP contribution in [0.25, 0.3) is 0 Å². The van der Waals surface area contributed by atoms with Crippen molar-refractivity contribution in [3.63, 3.8) is 0 Å². The molecule has 2 rings (SSSR count). The maximum Gasteiger partial charge on any atom is 0.255 e. The lowest BCUT2D eigenvalue weighted by atomic mass is 9.77. The van der Waals surface area contributed by atoms with Crippen LogP contribution in [-0.4, -0.2) is 32.1 Å². The summed E-state index contributed by atoms with van der Waals surface area (Å²) in [7, 11) is 1.58. The molecule has 0 spiro atoms. The molecule has 2 N–H and O–H groups in total. The van der Waals surface area contributed by atoms with Crippen LogP contribution in [0.2, 0.25) is 0 Å². The van der Waals surface area contributed by atoms with E-state index in [0.29, 0.717) is 23.9 Å². The van der Waals surface area contributed by atoms with Crippen LogP contribution >= 0.6 is 12.4 Å². The molecule has 0 saturated carbocycles. The Bertz CT molecular complexity index is 477. The van der Waals surface area contributed by atoms with Crippen LogP contribution in [0.3, 0.4) is 0 Å². The van der Waals surface area contributed by atoms with Crippen LogP contribution in [0.15, 0.2) is 24.3 Å². The smallest absolute Gasteiger partial charge is 0.255 e. The second kappa shape index (κ2) is 7.66. The van der Waals surface area contributed by atoms with Crippen LogP contribution in [0.4, 0.5) is 0 Å². The lowest BCUT2D eigenvalue weighted by Gasteiger charge is -2.39. The summed E-state index contributed by atoms with van der Waals surface area (Å²) in [6, 6.07) is 7.61. The SMILES string of the molecule is COc1ccccc1C(=O)NCC1NCCCC1(C)C.Cl. The maximum atomic E-state index is 12.3. The van der Waals surface area contributed by atoms with Gasteiger partial charge in [-0.1, -0.05) is 26.0 Å². The average molecular weight is 313 g/mol. The third kappa shape index (κ3) is 4.35. The van der Waals surface area contributed by atoms with Crippen molar-refractivity contribution in [2.45, 2.75) is 32.7 Å². The number of amides is 1. The molecule has 1 fully saturated rings. The summed E-state index contributed by atoms with van der Waals surface area (Å²) in [5.41, 5.74) is 0.801. The Morgan fingerprint density at radius 3 is 2.81 bits per heavy atom. The molecule has 0 aromatic heterocycles. The quantitative estimate of drug-likeness (QED) is 0.898. The van der Waals surface area contributed by atoms with Gasteiger partial charge in [0.25, 0.3) is 5.91 Å². The van der Waals surface area contributed by atoms with Crippen LogP contribution in [0.5, 0.6) is 5.75 Å². The molecule has 0 aliphatic carbocycles. The molecule has 1 heterocycles. The van der Waals surface area contributed by atoms with Crippen molar-refractivity contribution in [3.05, 3.63) is 29.8 Å². The Hall–Kier alpha value is -1.26. The lowest BCUT2D eigenvalue weighted by molar-refractivity contribution is 0.0926. The van der Waals surface area contributed by atoms with E-state index in [1.54, 1.807) is 19.2 Å². The summed E-state index contributed by atoms with van der Waals surface area (Å²) in [6.07, 6.45) is 2.39. The van der Waals surface area contributed by atoms with E-state index >= 15 is 0 Å². The number of carbonyl (C=O) groups excluding carboxylic acids is 1. The number of piperidine rings is 1. The van der Waals surface area contributed by atoms with Gasteiger partial charge in [0.2, 0.25) is 0 Å². The van der Waals surface area contributed by atoms with E-state index in [4.69, 9.17) is 4.74 Å². The summed E-state index contributed by atoms with van der Waals surface area (Å²) in [5, 5.41) is 6.52. The molecule has 1 aliphatic heterocycles. The summed E-state index contributed by atoms with van der Waals surface area (Å²) in [6.45, 7) is 6.17. The second-order valence-electron chi connectivity index (χ2n) is 6.01. The monoisotopic (exact) mass is 312 g/mol. The fraction of sp³-hybridized carbons (Fsp3) is 0.562. The summed E-state index contributed by atoms with van der Waals surface area (Å²) >= 11 is 0. The summed E-state index contributed by atoms with van der Waals surface area (Å²) < 4.78 is 5.22. The molecule has 0 radical (unpaired) electrons. The molecule has 0 bridgehead atoms. The molecule has 21 heavy (non-hydrogen) atoms. The van der Waals surface area contributed by atoms with E-state index < -0.39 is 0 Å². The molecule has 1 saturated heterocycles. The number of nitrogens with one attached hydrogen (secondary N) is 2. The highest BCUT2D eigenvalue weighted by atomic mass is 35.5. The third-order valence-corrected chi connectivity index (χ3v) is 4.15. The first kappa shape index (κ1) is 17.8. The van der Waals surface area contributed by atoms with Crippen molar-refractivity contribution in [2.75, 3.05) is 20.2 Å². The Balaban J connectivity index is 0.00000220. The molecule has 5 heteroatoms. The zero-order valence-electron chi connectivity index (χ0n) is 12.9. The first-order valence-electron chi connectivity index (χ1n) is 7.19. The number of para-hydroxylation sites is 1. The molecule has 1 atom stereocenters. The van der Waals surface area contributed by atoms with Gasteiger partial charge in [-0.25, -0.2) is 0 Å². The normalized spacial score (nSPS) is 20.2. The van der Waals surface area contributed by atoms with Crippen molar-refractivity contribution in [1.82, 2.24) is 10.6 Å². The number of ether oxygens (including phenoxy) is 1.